The molecule has 0 radical (unpaired) electrons. The summed E-state index contributed by atoms with van der Waals surface area (Å²) in [5, 5.41) is 20.6. The van der Waals surface area contributed by atoms with E-state index in [0.29, 0.717) is 30.5 Å². The predicted molar refractivity (Wildman–Crippen MR) is 172 cm³/mol. The highest BCUT2D eigenvalue weighted by Crippen LogP contribution is 2.28. The van der Waals surface area contributed by atoms with Crippen molar-refractivity contribution in [3.63, 3.8) is 0 Å². The van der Waals surface area contributed by atoms with E-state index in [1.807, 2.05) is 38.1 Å². The van der Waals surface area contributed by atoms with E-state index in [1.165, 1.54) is 0 Å². The summed E-state index contributed by atoms with van der Waals surface area (Å²) in [6.07, 6.45) is 5.35. The van der Waals surface area contributed by atoms with E-state index >= 15 is 0 Å². The summed E-state index contributed by atoms with van der Waals surface area (Å²) in [5.74, 6) is -2.73. The van der Waals surface area contributed by atoms with Crippen molar-refractivity contribution in [2.75, 3.05) is 33.2 Å². The zero-order valence-corrected chi connectivity index (χ0v) is 26.6. The van der Waals surface area contributed by atoms with Crippen molar-refractivity contribution >= 4 is 40.4 Å². The molecule has 0 aromatic heterocycles. The largest absolute Gasteiger partial charge is 0.480 e. The van der Waals surface area contributed by atoms with Crippen LogP contribution in [0.5, 0.6) is 0 Å². The van der Waals surface area contributed by atoms with Crippen LogP contribution in [0.4, 0.5) is 0 Å². The predicted octanol–water partition coefficient (Wildman–Crippen LogP) is 3.17. The van der Waals surface area contributed by atoms with Gasteiger partial charge < -0.3 is 20.6 Å². The monoisotopic (exact) mass is 621 g/mol. The van der Waals surface area contributed by atoms with Crippen molar-refractivity contribution in [1.29, 1.82) is 0 Å². The number of carbonyl (C=O) groups is 5. The number of hydrogen-bond acceptors (Lipinski definition) is 7. The fourth-order valence-electron chi connectivity index (χ4n) is 6.08. The fraction of sp³-hybridized carbons (Fsp3) is 0.559. The maximum Gasteiger partial charge on any atom is 0.320 e. The number of rotatable bonds is 10. The first-order chi connectivity index (χ1) is 21.5. The summed E-state index contributed by atoms with van der Waals surface area (Å²) in [4.78, 5) is 68.7. The lowest BCUT2D eigenvalue weighted by atomic mass is 10.00. The van der Waals surface area contributed by atoms with E-state index in [1.54, 1.807) is 12.1 Å². The first kappa shape index (κ1) is 34.1. The van der Waals surface area contributed by atoms with Crippen molar-refractivity contribution in [2.45, 2.75) is 83.3 Å². The van der Waals surface area contributed by atoms with E-state index in [9.17, 15) is 29.1 Å². The van der Waals surface area contributed by atoms with Crippen LogP contribution in [0.1, 0.15) is 85.9 Å². The van der Waals surface area contributed by atoms with Gasteiger partial charge in [0.2, 0.25) is 11.8 Å². The van der Waals surface area contributed by atoms with Crippen molar-refractivity contribution < 1.29 is 29.1 Å². The molecule has 4 rings (SSSR count). The Morgan fingerprint density at radius 3 is 2.16 bits per heavy atom. The Morgan fingerprint density at radius 1 is 0.933 bits per heavy atom. The molecule has 2 aliphatic rings. The molecule has 2 aromatic rings. The van der Waals surface area contributed by atoms with Gasteiger partial charge in [-0.05, 0) is 93.9 Å². The number of nitrogens with zero attached hydrogens (tertiary/aromatic N) is 2. The van der Waals surface area contributed by atoms with E-state index in [0.717, 1.165) is 60.9 Å². The molecular formula is C34H47N5O6. The summed E-state index contributed by atoms with van der Waals surface area (Å²) in [6, 6.07) is 8.02. The quantitative estimate of drug-likeness (QED) is 0.296. The fourth-order valence-corrected chi connectivity index (χ4v) is 6.08. The molecule has 3 atom stereocenters. The second-order valence-electron chi connectivity index (χ2n) is 12.7. The first-order valence-electron chi connectivity index (χ1n) is 16.2. The Kier molecular flexibility index (Phi) is 12.1. The molecule has 2 aromatic carbocycles. The van der Waals surface area contributed by atoms with Crippen LogP contribution in [-0.4, -0.2) is 95.9 Å². The summed E-state index contributed by atoms with van der Waals surface area (Å²) in [7, 11) is 2.10. The average molecular weight is 622 g/mol. The van der Waals surface area contributed by atoms with Gasteiger partial charge in [-0.1, -0.05) is 44.5 Å². The van der Waals surface area contributed by atoms with Gasteiger partial charge in [0, 0.05) is 13.1 Å². The molecule has 0 spiro atoms. The summed E-state index contributed by atoms with van der Waals surface area (Å²) in [6.45, 7) is 6.22. The number of imide groups is 1. The number of nitrogens with one attached hydrogen (secondary N) is 3. The number of hydrogen-bond donors (Lipinski definition) is 4. The van der Waals surface area contributed by atoms with Crippen LogP contribution in [0.15, 0.2) is 36.4 Å². The summed E-state index contributed by atoms with van der Waals surface area (Å²) >= 11 is 0. The van der Waals surface area contributed by atoms with Crippen LogP contribution in [-0.2, 0) is 14.4 Å². The second kappa shape index (κ2) is 15.9. The third-order valence-electron chi connectivity index (χ3n) is 8.63. The van der Waals surface area contributed by atoms with Crippen molar-refractivity contribution in [1.82, 2.24) is 25.8 Å². The van der Waals surface area contributed by atoms with Crippen LogP contribution >= 0.6 is 0 Å². The smallest absolute Gasteiger partial charge is 0.320 e. The van der Waals surface area contributed by atoms with Gasteiger partial charge in [0.25, 0.3) is 11.8 Å². The van der Waals surface area contributed by atoms with E-state index in [4.69, 9.17) is 0 Å². The molecule has 4 N–H and O–H groups in total. The van der Waals surface area contributed by atoms with Crippen LogP contribution in [0.3, 0.4) is 0 Å². The SMILES string of the molecule is CC(C)C[C@@H](NC(CCN1C(=O)c2cc3ccccc3cc2C1=O)C(=O)O)C(=O)N[C@H]1CCCCN(C)CCCCCNC1=O. The topological polar surface area (TPSA) is 148 Å². The van der Waals surface area contributed by atoms with Gasteiger partial charge in [0.1, 0.15) is 12.1 Å². The third-order valence-corrected chi connectivity index (χ3v) is 8.63. The minimum absolute atomic E-state index is 0.0532. The maximum atomic E-state index is 13.6. The van der Waals surface area contributed by atoms with Crippen LogP contribution in [0, 0.1) is 5.92 Å². The minimum atomic E-state index is -1.20. The molecule has 4 amide bonds. The zero-order valence-electron chi connectivity index (χ0n) is 26.6. The molecular weight excluding hydrogens is 574 g/mol. The lowest BCUT2D eigenvalue weighted by Gasteiger charge is -2.27. The van der Waals surface area contributed by atoms with Gasteiger partial charge in [-0.15, -0.1) is 0 Å². The van der Waals surface area contributed by atoms with Gasteiger partial charge in [-0.25, -0.2) is 0 Å². The number of benzene rings is 2. The average Bonchev–Trinajstić information content (AvgIpc) is 3.24. The normalized spacial score (nSPS) is 20.1. The van der Waals surface area contributed by atoms with E-state index in [2.05, 4.69) is 27.9 Å². The number of carboxylic acids is 1. The summed E-state index contributed by atoms with van der Waals surface area (Å²) in [5.41, 5.74) is 0.598. The number of carbonyl (C=O) groups excluding carboxylic acids is 4. The number of aliphatic carboxylic acids is 1. The lowest BCUT2D eigenvalue weighted by Crippen LogP contribution is -2.56. The zero-order chi connectivity index (χ0) is 32.5. The lowest BCUT2D eigenvalue weighted by molar-refractivity contribution is -0.140. The Labute approximate surface area is 265 Å². The Morgan fingerprint density at radius 2 is 1.56 bits per heavy atom. The Balaban J connectivity index is 1.42. The van der Waals surface area contributed by atoms with Gasteiger partial charge in [0.15, 0.2) is 0 Å². The summed E-state index contributed by atoms with van der Waals surface area (Å²) < 4.78 is 0. The highest BCUT2D eigenvalue weighted by Gasteiger charge is 2.37. The van der Waals surface area contributed by atoms with Gasteiger partial charge >= 0.3 is 5.97 Å². The minimum Gasteiger partial charge on any atom is -0.480 e. The van der Waals surface area contributed by atoms with Gasteiger partial charge in [-0.2, -0.15) is 0 Å². The molecule has 0 bridgehead atoms. The van der Waals surface area contributed by atoms with E-state index in [-0.39, 0.29) is 24.8 Å². The Hall–Kier alpha value is -3.83. The molecule has 11 nitrogen and oxygen atoms in total. The molecule has 45 heavy (non-hydrogen) atoms. The number of amides is 4. The molecule has 1 saturated heterocycles. The Bertz CT molecular complexity index is 1340. The molecule has 0 saturated carbocycles. The van der Waals surface area contributed by atoms with Crippen molar-refractivity contribution in [2.24, 2.45) is 5.92 Å². The van der Waals surface area contributed by atoms with E-state index < -0.39 is 41.8 Å². The highest BCUT2D eigenvalue weighted by molar-refractivity contribution is 6.23. The first-order valence-corrected chi connectivity index (χ1v) is 16.2. The highest BCUT2D eigenvalue weighted by atomic mass is 16.4. The van der Waals surface area contributed by atoms with Crippen LogP contribution < -0.4 is 16.0 Å². The van der Waals surface area contributed by atoms with Crippen LogP contribution in [0.25, 0.3) is 10.8 Å². The number of fused-ring (bicyclic) bond motifs is 2. The standard InChI is InChI=1S/C34H47N5O6/c1-22(2)19-29(31(41)37-27-13-7-10-17-38(3)16-9-4-8-15-35-30(27)40)36-28(34(44)45)14-18-39-32(42)25-20-23-11-5-6-12-24(23)21-26(25)33(39)43/h5-6,11-12,20-22,27-29,36H,4,7-10,13-19H2,1-3H3,(H,35,40)(H,37,41)(H,44,45)/t27-,28?,29+/m0/s1. The van der Waals surface area contributed by atoms with Crippen LogP contribution in [0.2, 0.25) is 0 Å². The van der Waals surface area contributed by atoms with Crippen molar-refractivity contribution in [3.05, 3.63) is 47.5 Å². The molecule has 1 unspecified atom stereocenters. The molecule has 2 heterocycles. The van der Waals surface area contributed by atoms with Gasteiger partial charge in [0.05, 0.1) is 17.2 Å². The number of carboxylic acid groups (broad SMARTS) is 1. The molecule has 11 heteroatoms. The molecule has 1 fully saturated rings. The maximum absolute atomic E-state index is 13.6. The third kappa shape index (κ3) is 9.11. The molecule has 2 aliphatic heterocycles. The second-order valence-corrected chi connectivity index (χ2v) is 12.7. The molecule has 244 valence electrons. The molecule has 0 aliphatic carbocycles. The van der Waals surface area contributed by atoms with Crippen molar-refractivity contribution in [3.8, 4) is 0 Å². The van der Waals surface area contributed by atoms with Gasteiger partial charge in [-0.3, -0.25) is 34.2 Å².